The number of urea groups is 1. The average molecular weight is 394 g/mol. The maximum absolute atomic E-state index is 14.5. The van der Waals surface area contributed by atoms with E-state index in [4.69, 9.17) is 0 Å². The molecule has 0 saturated carbocycles. The Kier molecular flexibility index (Phi) is 4.86. The third kappa shape index (κ3) is 3.75. The summed E-state index contributed by atoms with van der Waals surface area (Å²) in [7, 11) is 0. The number of imidazole rings is 1. The molecule has 0 atom stereocenters. The lowest BCUT2D eigenvalue weighted by Crippen LogP contribution is -2.28. The van der Waals surface area contributed by atoms with Crippen molar-refractivity contribution in [2.24, 2.45) is 0 Å². The third-order valence-corrected chi connectivity index (χ3v) is 4.22. The summed E-state index contributed by atoms with van der Waals surface area (Å²) in [6.45, 7) is 2.24. The van der Waals surface area contributed by atoms with Crippen LogP contribution in [0.5, 0.6) is 0 Å². The zero-order chi connectivity index (χ0) is 20.4. The van der Waals surface area contributed by atoms with E-state index >= 15 is 0 Å². The van der Waals surface area contributed by atoms with Crippen LogP contribution in [-0.2, 0) is 0 Å². The van der Waals surface area contributed by atoms with Crippen molar-refractivity contribution in [3.63, 3.8) is 0 Å². The molecule has 3 N–H and O–H groups in total. The lowest BCUT2D eigenvalue weighted by Gasteiger charge is -2.08. The number of benzene rings is 1. The first-order valence-electron chi connectivity index (χ1n) is 8.85. The average Bonchev–Trinajstić information content (AvgIpc) is 3.10. The highest BCUT2D eigenvalue weighted by molar-refractivity contribution is 5.98. The van der Waals surface area contributed by atoms with Crippen LogP contribution in [0.2, 0.25) is 0 Å². The van der Waals surface area contributed by atoms with Gasteiger partial charge in [-0.1, -0.05) is 6.07 Å². The number of nitrogens with one attached hydrogen (secondary N) is 3. The van der Waals surface area contributed by atoms with Crippen molar-refractivity contribution in [1.29, 1.82) is 0 Å². The second-order valence-electron chi connectivity index (χ2n) is 6.21. The lowest BCUT2D eigenvalue weighted by molar-refractivity contribution is 0.252. The minimum Gasteiger partial charge on any atom is -0.338 e. The van der Waals surface area contributed by atoms with Gasteiger partial charge in [-0.05, 0) is 30.7 Å². The molecule has 3 heterocycles. The summed E-state index contributed by atoms with van der Waals surface area (Å²) in [6, 6.07) is 7.49. The number of amides is 2. The fourth-order valence-corrected chi connectivity index (χ4v) is 2.98. The van der Waals surface area contributed by atoms with Crippen LogP contribution in [-0.4, -0.2) is 32.5 Å². The van der Waals surface area contributed by atoms with E-state index in [1.165, 1.54) is 0 Å². The second-order valence-corrected chi connectivity index (χ2v) is 6.21. The Hall–Kier alpha value is -3.88. The molecule has 29 heavy (non-hydrogen) atoms. The number of aromatic amines is 1. The first-order valence-corrected chi connectivity index (χ1v) is 8.85. The van der Waals surface area contributed by atoms with E-state index in [0.29, 0.717) is 23.1 Å². The maximum Gasteiger partial charge on any atom is 0.321 e. The number of H-pyrrole nitrogens is 1. The molecule has 0 aliphatic heterocycles. The largest absolute Gasteiger partial charge is 0.338 e. The van der Waals surface area contributed by atoms with Crippen molar-refractivity contribution in [2.45, 2.75) is 6.92 Å². The number of aromatic nitrogens is 4. The van der Waals surface area contributed by atoms with E-state index in [1.54, 1.807) is 37.5 Å². The third-order valence-electron chi connectivity index (χ3n) is 4.22. The molecule has 0 aliphatic rings. The van der Waals surface area contributed by atoms with Gasteiger partial charge in [0.2, 0.25) is 5.95 Å². The molecule has 0 fully saturated rings. The van der Waals surface area contributed by atoms with E-state index in [1.807, 2.05) is 6.07 Å². The van der Waals surface area contributed by atoms with Crippen LogP contribution in [0.25, 0.3) is 33.4 Å². The van der Waals surface area contributed by atoms with Gasteiger partial charge in [-0.2, -0.15) is 0 Å². The summed E-state index contributed by atoms with van der Waals surface area (Å²) in [5.41, 5.74) is 2.81. The molecule has 0 aliphatic carbocycles. The molecule has 1 aromatic carbocycles. The Bertz CT molecular complexity index is 1190. The summed E-state index contributed by atoms with van der Waals surface area (Å²) < 4.78 is 27.8. The SMILES string of the molecule is CCNC(=O)Nc1nc2cc(-c3cccnc3)cc(-c3ncc(F)cc3F)c2[nH]1. The van der Waals surface area contributed by atoms with Gasteiger partial charge in [0.25, 0.3) is 0 Å². The quantitative estimate of drug-likeness (QED) is 0.485. The van der Waals surface area contributed by atoms with Gasteiger partial charge in [0, 0.05) is 36.1 Å². The second kappa shape index (κ2) is 7.63. The molecule has 0 saturated heterocycles. The summed E-state index contributed by atoms with van der Waals surface area (Å²) in [4.78, 5) is 27.2. The van der Waals surface area contributed by atoms with Crippen molar-refractivity contribution >= 4 is 23.0 Å². The topological polar surface area (TPSA) is 95.6 Å². The smallest absolute Gasteiger partial charge is 0.321 e. The number of anilines is 1. The van der Waals surface area contributed by atoms with E-state index < -0.39 is 17.7 Å². The number of fused-ring (bicyclic) bond motifs is 1. The molecule has 9 heteroatoms. The van der Waals surface area contributed by atoms with Crippen LogP contribution in [0.15, 0.2) is 48.9 Å². The van der Waals surface area contributed by atoms with E-state index in [0.717, 1.165) is 23.4 Å². The standard InChI is InChI=1S/C20H16F2N6O/c1-2-24-20(29)28-19-26-16-7-12(11-4-3-5-23-9-11)6-14(18(16)27-19)17-15(22)8-13(21)10-25-17/h3-10H,2H2,1H3,(H3,24,26,27,28,29). The Morgan fingerprint density at radius 1 is 1.17 bits per heavy atom. The number of rotatable bonds is 4. The Morgan fingerprint density at radius 2 is 2.03 bits per heavy atom. The van der Waals surface area contributed by atoms with Crippen LogP contribution in [0.4, 0.5) is 19.5 Å². The number of carbonyl (C=O) groups is 1. The van der Waals surface area contributed by atoms with E-state index in [2.05, 4.69) is 30.6 Å². The number of nitrogens with zero attached hydrogens (tertiary/aromatic N) is 3. The Morgan fingerprint density at radius 3 is 2.76 bits per heavy atom. The van der Waals surface area contributed by atoms with E-state index in [-0.39, 0.29) is 11.6 Å². The molecule has 0 radical (unpaired) electrons. The predicted octanol–water partition coefficient (Wildman–Crippen LogP) is 4.11. The van der Waals surface area contributed by atoms with Crippen LogP contribution in [0.3, 0.4) is 0 Å². The molecule has 7 nitrogen and oxygen atoms in total. The van der Waals surface area contributed by atoms with Crippen LogP contribution >= 0.6 is 0 Å². The Balaban J connectivity index is 1.90. The van der Waals surface area contributed by atoms with Gasteiger partial charge in [-0.15, -0.1) is 0 Å². The number of pyridine rings is 2. The molecule has 0 spiro atoms. The normalized spacial score (nSPS) is 10.9. The molecule has 0 bridgehead atoms. The monoisotopic (exact) mass is 394 g/mol. The minimum absolute atomic E-state index is 0.0321. The predicted molar refractivity (Wildman–Crippen MR) is 105 cm³/mol. The van der Waals surface area contributed by atoms with Gasteiger partial charge in [0.1, 0.15) is 11.5 Å². The van der Waals surface area contributed by atoms with E-state index in [9.17, 15) is 13.6 Å². The fraction of sp³-hybridized carbons (Fsp3) is 0.100. The maximum atomic E-state index is 14.5. The van der Waals surface area contributed by atoms with Gasteiger partial charge in [0.05, 0.1) is 17.2 Å². The van der Waals surface area contributed by atoms with Gasteiger partial charge < -0.3 is 10.3 Å². The van der Waals surface area contributed by atoms with Gasteiger partial charge in [0.15, 0.2) is 5.82 Å². The first-order chi connectivity index (χ1) is 14.0. The molecule has 0 unspecified atom stereocenters. The van der Waals surface area contributed by atoms with Gasteiger partial charge >= 0.3 is 6.03 Å². The lowest BCUT2D eigenvalue weighted by atomic mass is 10.0. The summed E-state index contributed by atoms with van der Waals surface area (Å²) in [5.74, 6) is -1.38. The van der Waals surface area contributed by atoms with Crippen molar-refractivity contribution in [1.82, 2.24) is 25.3 Å². The fourth-order valence-electron chi connectivity index (χ4n) is 2.98. The highest BCUT2D eigenvalue weighted by Gasteiger charge is 2.17. The zero-order valence-electron chi connectivity index (χ0n) is 15.3. The number of hydrogen-bond acceptors (Lipinski definition) is 4. The summed E-state index contributed by atoms with van der Waals surface area (Å²) >= 11 is 0. The summed E-state index contributed by atoms with van der Waals surface area (Å²) in [5, 5.41) is 5.20. The van der Waals surface area contributed by atoms with Crippen LogP contribution in [0, 0.1) is 11.6 Å². The molecule has 4 aromatic rings. The van der Waals surface area contributed by atoms with Crippen molar-refractivity contribution in [3.8, 4) is 22.4 Å². The number of hydrogen-bond donors (Lipinski definition) is 3. The molecule has 4 rings (SSSR count). The highest BCUT2D eigenvalue weighted by Crippen LogP contribution is 2.34. The minimum atomic E-state index is -0.803. The zero-order valence-corrected chi connectivity index (χ0v) is 15.3. The molecular formula is C20H16F2N6O. The van der Waals surface area contributed by atoms with Crippen molar-refractivity contribution < 1.29 is 13.6 Å². The molecule has 2 amide bonds. The van der Waals surface area contributed by atoms with Crippen LogP contribution < -0.4 is 10.6 Å². The number of carbonyl (C=O) groups excluding carboxylic acids is 1. The highest BCUT2D eigenvalue weighted by atomic mass is 19.1. The van der Waals surface area contributed by atoms with Gasteiger partial charge in [-0.3, -0.25) is 15.3 Å². The van der Waals surface area contributed by atoms with Crippen LogP contribution in [0.1, 0.15) is 6.92 Å². The summed E-state index contributed by atoms with van der Waals surface area (Å²) in [6.07, 6.45) is 4.26. The molecular weight excluding hydrogens is 378 g/mol. The molecule has 146 valence electrons. The molecule has 3 aromatic heterocycles. The van der Waals surface area contributed by atoms with Crippen molar-refractivity contribution in [3.05, 3.63) is 60.6 Å². The van der Waals surface area contributed by atoms with Crippen molar-refractivity contribution in [2.75, 3.05) is 11.9 Å². The number of halogens is 2. The van der Waals surface area contributed by atoms with Gasteiger partial charge in [-0.25, -0.2) is 18.6 Å². The first kappa shape index (κ1) is 18.5. The Labute approximate surface area is 164 Å².